The van der Waals surface area contributed by atoms with Gasteiger partial charge in [0.1, 0.15) is 5.60 Å². The Hall–Kier alpha value is -1.60. The Morgan fingerprint density at radius 1 is 1.09 bits per heavy atom. The second-order valence-electron chi connectivity index (χ2n) is 6.85. The van der Waals surface area contributed by atoms with E-state index >= 15 is 0 Å². The molecule has 22 heavy (non-hydrogen) atoms. The molecule has 0 rings (SSSR count). The lowest BCUT2D eigenvalue weighted by Gasteiger charge is -2.29. The first kappa shape index (κ1) is 20.4. The monoisotopic (exact) mass is 318 g/mol. The molecule has 0 bridgehead atoms. The van der Waals surface area contributed by atoms with Gasteiger partial charge in [-0.15, -0.1) is 0 Å². The highest BCUT2D eigenvalue weighted by atomic mass is 17.5. The lowest BCUT2D eigenvalue weighted by atomic mass is 9.84. The Bertz CT molecular complexity index is 407. The standard InChI is InChI=1S/C15H26O7/c1-10(2)12(16)18-11(3)19-13(17)20-22-21-15(7,8)9-14(4,5)6/h11H,1,9H2,2-8H3. The van der Waals surface area contributed by atoms with E-state index in [1.54, 1.807) is 13.8 Å². The molecular weight excluding hydrogens is 292 g/mol. The van der Waals surface area contributed by atoms with Crippen LogP contribution in [0.5, 0.6) is 0 Å². The highest BCUT2D eigenvalue weighted by Crippen LogP contribution is 2.29. The molecule has 0 aliphatic rings. The van der Waals surface area contributed by atoms with E-state index in [-0.39, 0.29) is 11.0 Å². The third kappa shape index (κ3) is 10.2. The van der Waals surface area contributed by atoms with Crippen molar-refractivity contribution < 1.29 is 33.9 Å². The summed E-state index contributed by atoms with van der Waals surface area (Å²) in [6, 6.07) is 0. The van der Waals surface area contributed by atoms with E-state index in [4.69, 9.17) is 9.62 Å². The van der Waals surface area contributed by atoms with Gasteiger partial charge in [0.15, 0.2) is 0 Å². The van der Waals surface area contributed by atoms with Crippen molar-refractivity contribution in [2.24, 2.45) is 5.41 Å². The van der Waals surface area contributed by atoms with Crippen molar-refractivity contribution >= 4 is 12.1 Å². The van der Waals surface area contributed by atoms with Gasteiger partial charge in [0.05, 0.1) is 0 Å². The molecule has 0 aromatic rings. The minimum atomic E-state index is -1.19. The summed E-state index contributed by atoms with van der Waals surface area (Å²) >= 11 is 0. The lowest BCUT2D eigenvalue weighted by molar-refractivity contribution is -0.519. The average Bonchev–Trinajstić information content (AvgIpc) is 2.24. The third-order valence-electron chi connectivity index (χ3n) is 2.20. The quantitative estimate of drug-likeness (QED) is 0.233. The molecule has 0 N–H and O–H groups in total. The van der Waals surface area contributed by atoms with E-state index in [9.17, 15) is 9.59 Å². The van der Waals surface area contributed by atoms with Gasteiger partial charge in [0, 0.05) is 12.5 Å². The highest BCUT2D eigenvalue weighted by Gasteiger charge is 2.28. The van der Waals surface area contributed by atoms with Crippen molar-refractivity contribution in [1.29, 1.82) is 0 Å². The maximum Gasteiger partial charge on any atom is 0.545 e. The van der Waals surface area contributed by atoms with Crippen molar-refractivity contribution in [2.75, 3.05) is 0 Å². The van der Waals surface area contributed by atoms with Crippen molar-refractivity contribution in [3.63, 3.8) is 0 Å². The van der Waals surface area contributed by atoms with Crippen LogP contribution in [0.3, 0.4) is 0 Å². The third-order valence-corrected chi connectivity index (χ3v) is 2.20. The van der Waals surface area contributed by atoms with Crippen LogP contribution in [-0.2, 0) is 29.1 Å². The normalized spacial score (nSPS) is 13.2. The Labute approximate surface area is 131 Å². The zero-order valence-electron chi connectivity index (χ0n) is 14.3. The predicted molar refractivity (Wildman–Crippen MR) is 78.3 cm³/mol. The van der Waals surface area contributed by atoms with Gasteiger partial charge in [-0.2, -0.15) is 4.89 Å². The van der Waals surface area contributed by atoms with Crippen LogP contribution in [0, 0.1) is 5.41 Å². The number of esters is 1. The molecule has 0 amide bonds. The van der Waals surface area contributed by atoms with E-state index in [0.29, 0.717) is 6.42 Å². The minimum absolute atomic E-state index is 0.0125. The minimum Gasteiger partial charge on any atom is -0.422 e. The van der Waals surface area contributed by atoms with Crippen LogP contribution in [-0.4, -0.2) is 24.0 Å². The molecule has 7 nitrogen and oxygen atoms in total. The molecule has 0 heterocycles. The number of hydrogen-bond acceptors (Lipinski definition) is 7. The summed E-state index contributed by atoms with van der Waals surface area (Å²) in [6.07, 6.45) is -1.65. The Balaban J connectivity index is 4.09. The first-order valence-electron chi connectivity index (χ1n) is 6.92. The first-order chi connectivity index (χ1) is 9.82. The molecule has 0 fully saturated rings. The topological polar surface area (TPSA) is 80.3 Å². The fourth-order valence-electron chi connectivity index (χ4n) is 1.87. The van der Waals surface area contributed by atoms with Crippen LogP contribution in [0.1, 0.15) is 54.9 Å². The van der Waals surface area contributed by atoms with Crippen molar-refractivity contribution in [2.45, 2.75) is 66.8 Å². The van der Waals surface area contributed by atoms with Crippen LogP contribution >= 0.6 is 0 Å². The van der Waals surface area contributed by atoms with Gasteiger partial charge in [-0.1, -0.05) is 27.4 Å². The maximum atomic E-state index is 11.3. The summed E-state index contributed by atoms with van der Waals surface area (Å²) in [7, 11) is 0. The van der Waals surface area contributed by atoms with Crippen molar-refractivity contribution in [1.82, 2.24) is 0 Å². The maximum absolute atomic E-state index is 11.3. The Morgan fingerprint density at radius 2 is 1.64 bits per heavy atom. The van der Waals surface area contributed by atoms with Gasteiger partial charge in [-0.25, -0.2) is 14.5 Å². The molecule has 0 aromatic carbocycles. The van der Waals surface area contributed by atoms with E-state index in [0.717, 1.165) is 0 Å². The van der Waals surface area contributed by atoms with Crippen LogP contribution in [0.4, 0.5) is 4.79 Å². The van der Waals surface area contributed by atoms with Crippen molar-refractivity contribution in [3.05, 3.63) is 12.2 Å². The molecule has 0 aliphatic carbocycles. The fraction of sp³-hybridized carbons (Fsp3) is 0.733. The van der Waals surface area contributed by atoms with Crippen LogP contribution in [0.2, 0.25) is 0 Å². The molecule has 0 aromatic heterocycles. The van der Waals surface area contributed by atoms with Gasteiger partial charge in [-0.3, -0.25) is 0 Å². The predicted octanol–water partition coefficient (Wildman–Crippen LogP) is 3.68. The Morgan fingerprint density at radius 3 is 2.09 bits per heavy atom. The lowest BCUT2D eigenvalue weighted by Crippen LogP contribution is -2.31. The van der Waals surface area contributed by atoms with Crippen LogP contribution in [0.25, 0.3) is 0 Å². The average molecular weight is 318 g/mol. The number of ether oxygens (including phenoxy) is 2. The number of carbonyl (C=O) groups excluding carboxylic acids is 2. The van der Waals surface area contributed by atoms with Gasteiger partial charge >= 0.3 is 12.1 Å². The second-order valence-corrected chi connectivity index (χ2v) is 6.85. The van der Waals surface area contributed by atoms with E-state index in [1.165, 1.54) is 13.8 Å². The summed E-state index contributed by atoms with van der Waals surface area (Å²) in [5, 5.41) is 4.43. The largest absolute Gasteiger partial charge is 0.545 e. The summed E-state index contributed by atoms with van der Waals surface area (Å²) in [5.74, 6) is -0.677. The van der Waals surface area contributed by atoms with Crippen molar-refractivity contribution in [3.8, 4) is 0 Å². The molecule has 128 valence electrons. The van der Waals surface area contributed by atoms with Crippen LogP contribution in [0.15, 0.2) is 12.2 Å². The molecule has 7 heteroatoms. The smallest absolute Gasteiger partial charge is 0.422 e. The molecule has 1 atom stereocenters. The second kappa shape index (κ2) is 8.14. The molecule has 1 unspecified atom stereocenters. The van der Waals surface area contributed by atoms with Gasteiger partial charge in [0.25, 0.3) is 0 Å². The summed E-state index contributed by atoms with van der Waals surface area (Å²) < 4.78 is 9.37. The molecule has 0 saturated heterocycles. The first-order valence-corrected chi connectivity index (χ1v) is 6.92. The highest BCUT2D eigenvalue weighted by molar-refractivity contribution is 5.87. The van der Waals surface area contributed by atoms with E-state index < -0.39 is 24.0 Å². The molecule has 0 aliphatic heterocycles. The Kier molecular flexibility index (Phi) is 7.55. The molecular formula is C15H26O7. The molecule has 0 spiro atoms. The molecule has 0 radical (unpaired) electrons. The summed E-state index contributed by atoms with van der Waals surface area (Å²) in [6.45, 7) is 16.0. The van der Waals surface area contributed by atoms with Gasteiger partial charge in [-0.05, 0) is 37.6 Å². The fourth-order valence-corrected chi connectivity index (χ4v) is 1.87. The number of carbonyl (C=O) groups is 2. The van der Waals surface area contributed by atoms with E-state index in [2.05, 4.69) is 21.2 Å². The number of rotatable bonds is 7. The molecule has 0 saturated carbocycles. The number of hydrogen-bond donors (Lipinski definition) is 0. The van der Waals surface area contributed by atoms with E-state index in [1.807, 2.05) is 20.8 Å². The van der Waals surface area contributed by atoms with Gasteiger partial charge in [0.2, 0.25) is 6.29 Å². The summed E-state index contributed by atoms with van der Waals surface area (Å²) in [4.78, 5) is 31.9. The summed E-state index contributed by atoms with van der Waals surface area (Å²) in [5.41, 5.74) is -0.456. The zero-order chi connectivity index (χ0) is 17.6. The zero-order valence-corrected chi connectivity index (χ0v) is 14.3. The van der Waals surface area contributed by atoms with Crippen LogP contribution < -0.4 is 0 Å². The van der Waals surface area contributed by atoms with Gasteiger partial charge < -0.3 is 9.47 Å². The SMILES string of the molecule is C=C(C)C(=O)OC(C)OC(=O)OOOC(C)(C)CC(C)(C)C.